The van der Waals surface area contributed by atoms with Gasteiger partial charge in [-0.15, -0.1) is 0 Å². The fourth-order valence-electron chi connectivity index (χ4n) is 3.62. The fourth-order valence-corrected chi connectivity index (χ4v) is 5.55. The highest BCUT2D eigenvalue weighted by Gasteiger charge is 2.17. The number of likely N-dealkylation sites (N-methyl/N-ethyl adjacent to an activating group) is 1. The molecular formula is C26H28N4O5S2. The molecule has 0 amide bonds. The molecule has 11 heteroatoms. The first-order chi connectivity index (χ1) is 17.5. The van der Waals surface area contributed by atoms with Crippen LogP contribution in [-0.2, 0) is 19.7 Å². The van der Waals surface area contributed by atoms with Crippen molar-refractivity contribution in [1.82, 2.24) is 14.9 Å². The molecule has 0 atom stereocenters. The first kappa shape index (κ1) is 26.5. The number of aromatic nitrogens is 2. The number of hydrogen-bond donors (Lipinski definition) is 1. The largest absolute Gasteiger partial charge is 0.492 e. The lowest BCUT2D eigenvalue weighted by Crippen LogP contribution is -2.29. The van der Waals surface area contributed by atoms with Crippen molar-refractivity contribution < 1.29 is 21.6 Å². The zero-order valence-corrected chi connectivity index (χ0v) is 22.2. The summed E-state index contributed by atoms with van der Waals surface area (Å²) in [5.41, 5.74) is 7.40. The van der Waals surface area contributed by atoms with E-state index in [4.69, 9.17) is 10.5 Å². The van der Waals surface area contributed by atoms with E-state index in [1.807, 2.05) is 11.9 Å². The van der Waals surface area contributed by atoms with Crippen molar-refractivity contribution in [3.05, 3.63) is 72.8 Å². The van der Waals surface area contributed by atoms with Gasteiger partial charge in [-0.05, 0) is 55.6 Å². The van der Waals surface area contributed by atoms with E-state index in [9.17, 15) is 16.8 Å². The minimum Gasteiger partial charge on any atom is -0.492 e. The smallest absolute Gasteiger partial charge is 0.206 e. The molecule has 2 N–H and O–H groups in total. The number of nitrogen functional groups attached to an aromatic ring is 1. The van der Waals surface area contributed by atoms with Crippen LogP contribution in [-0.4, -0.2) is 70.5 Å². The second kappa shape index (κ2) is 10.8. The molecule has 1 aromatic heterocycles. The molecule has 3 aromatic carbocycles. The molecule has 4 aromatic rings. The van der Waals surface area contributed by atoms with Crippen LogP contribution in [0.3, 0.4) is 0 Å². The zero-order chi connectivity index (χ0) is 26.6. The molecule has 0 fully saturated rings. The number of anilines is 1. The second-order valence-electron chi connectivity index (χ2n) is 8.73. The van der Waals surface area contributed by atoms with Crippen LogP contribution >= 0.6 is 0 Å². The van der Waals surface area contributed by atoms with E-state index in [2.05, 4.69) is 9.97 Å². The number of ether oxygens (including phenoxy) is 1. The third-order valence-electron chi connectivity index (χ3n) is 5.76. The maximum atomic E-state index is 12.9. The van der Waals surface area contributed by atoms with Gasteiger partial charge in [0, 0.05) is 36.4 Å². The molecule has 0 unspecified atom stereocenters. The molecule has 9 nitrogen and oxygen atoms in total. The lowest BCUT2D eigenvalue weighted by atomic mass is 10.2. The molecule has 0 saturated heterocycles. The van der Waals surface area contributed by atoms with E-state index >= 15 is 0 Å². The average molecular weight is 541 g/mol. The van der Waals surface area contributed by atoms with E-state index < -0.39 is 19.7 Å². The molecule has 0 saturated carbocycles. The Hall–Kier alpha value is -3.54. The second-order valence-corrected chi connectivity index (χ2v) is 12.9. The number of sulfone groups is 2. The van der Waals surface area contributed by atoms with Gasteiger partial charge in [-0.1, -0.05) is 18.2 Å². The monoisotopic (exact) mass is 540 g/mol. The molecule has 0 aliphatic carbocycles. The first-order valence-corrected chi connectivity index (χ1v) is 15.0. The third kappa shape index (κ3) is 6.62. The highest BCUT2D eigenvalue weighted by molar-refractivity contribution is 7.91. The first-order valence-electron chi connectivity index (χ1n) is 11.5. The molecule has 4 rings (SSSR count). The lowest BCUT2D eigenvalue weighted by molar-refractivity contribution is 0.244. The fraction of sp³-hybridized carbons (Fsp3) is 0.231. The summed E-state index contributed by atoms with van der Waals surface area (Å²) in [6.07, 6.45) is 1.22. The van der Waals surface area contributed by atoms with Crippen molar-refractivity contribution in [2.24, 2.45) is 0 Å². The van der Waals surface area contributed by atoms with Gasteiger partial charge in [0.25, 0.3) is 0 Å². The van der Waals surface area contributed by atoms with Crippen molar-refractivity contribution in [1.29, 1.82) is 0 Å². The Bertz CT molecular complexity index is 1610. The van der Waals surface area contributed by atoms with Crippen LogP contribution in [0.2, 0.25) is 0 Å². The minimum atomic E-state index is -3.63. The minimum absolute atomic E-state index is 0.0949. The van der Waals surface area contributed by atoms with E-state index in [-0.39, 0.29) is 15.5 Å². The van der Waals surface area contributed by atoms with Crippen molar-refractivity contribution in [3.63, 3.8) is 0 Å². The number of nitrogens with zero attached hydrogens (tertiary/aromatic N) is 3. The molecule has 0 radical (unpaired) electrons. The van der Waals surface area contributed by atoms with Crippen LogP contribution in [0.25, 0.3) is 22.3 Å². The van der Waals surface area contributed by atoms with Crippen LogP contribution in [0.15, 0.2) is 82.6 Å². The van der Waals surface area contributed by atoms with Crippen molar-refractivity contribution in [2.75, 3.05) is 44.5 Å². The highest BCUT2D eigenvalue weighted by Crippen LogP contribution is 2.28. The van der Waals surface area contributed by atoms with Gasteiger partial charge in [0.2, 0.25) is 9.84 Å². The Kier molecular flexibility index (Phi) is 7.76. The van der Waals surface area contributed by atoms with Gasteiger partial charge < -0.3 is 15.4 Å². The number of benzene rings is 3. The Morgan fingerprint density at radius 1 is 0.865 bits per heavy atom. The molecule has 0 aliphatic heterocycles. The van der Waals surface area contributed by atoms with Gasteiger partial charge in [0.15, 0.2) is 5.82 Å². The van der Waals surface area contributed by atoms with Gasteiger partial charge >= 0.3 is 0 Å². The van der Waals surface area contributed by atoms with E-state index in [0.29, 0.717) is 53.6 Å². The Morgan fingerprint density at radius 3 is 2.22 bits per heavy atom. The predicted octanol–water partition coefficient (Wildman–Crippen LogP) is 3.07. The summed E-state index contributed by atoms with van der Waals surface area (Å²) in [5, 5.41) is 0.671. The third-order valence-corrected chi connectivity index (χ3v) is 8.47. The van der Waals surface area contributed by atoms with Crippen molar-refractivity contribution in [2.45, 2.75) is 9.79 Å². The molecule has 0 bridgehead atoms. The Labute approximate surface area is 216 Å². The molecular weight excluding hydrogens is 512 g/mol. The van der Waals surface area contributed by atoms with E-state index in [1.54, 1.807) is 60.7 Å². The topological polar surface area (TPSA) is 133 Å². The van der Waals surface area contributed by atoms with Crippen molar-refractivity contribution in [3.8, 4) is 17.1 Å². The van der Waals surface area contributed by atoms with Crippen LogP contribution in [0, 0.1) is 0 Å². The summed E-state index contributed by atoms with van der Waals surface area (Å²) in [6.45, 7) is 1.36. The number of fused-ring (bicyclic) bond motifs is 1. The molecule has 0 aliphatic rings. The SMILES string of the molecule is CN(CCOc1ccc2c(N)nc(-c3ccc(S(=O)(=O)c4ccccc4)cc3)nc2c1)CCS(C)(=O)=O. The van der Waals surface area contributed by atoms with Crippen molar-refractivity contribution >= 4 is 36.4 Å². The molecule has 0 spiro atoms. The Morgan fingerprint density at radius 2 is 1.54 bits per heavy atom. The zero-order valence-electron chi connectivity index (χ0n) is 20.5. The van der Waals surface area contributed by atoms with Gasteiger partial charge in [0.1, 0.15) is 28.0 Å². The van der Waals surface area contributed by atoms with Gasteiger partial charge in [-0.2, -0.15) is 0 Å². The summed E-state index contributed by atoms with van der Waals surface area (Å²) in [6, 6.07) is 19.9. The standard InChI is InChI=1S/C26H28N4O5S2/c1-30(15-17-36(2,31)32)14-16-35-20-10-13-23-24(18-20)28-26(29-25(23)27)19-8-11-22(12-9-19)37(33,34)21-6-4-3-5-7-21/h3-13,18H,14-17H2,1-2H3,(H2,27,28,29). The predicted molar refractivity (Wildman–Crippen MR) is 144 cm³/mol. The number of nitrogens with two attached hydrogens (primary N) is 1. The van der Waals surface area contributed by atoms with Gasteiger partial charge in [0.05, 0.1) is 21.1 Å². The normalized spacial score (nSPS) is 12.2. The summed E-state index contributed by atoms with van der Waals surface area (Å²) in [7, 11) is -4.80. The summed E-state index contributed by atoms with van der Waals surface area (Å²) in [4.78, 5) is 11.3. The molecule has 1 heterocycles. The summed E-state index contributed by atoms with van der Waals surface area (Å²) in [5.74, 6) is 1.36. The number of rotatable bonds is 10. The van der Waals surface area contributed by atoms with E-state index in [0.717, 1.165) is 0 Å². The maximum Gasteiger partial charge on any atom is 0.206 e. The summed E-state index contributed by atoms with van der Waals surface area (Å²) < 4.78 is 54.2. The lowest BCUT2D eigenvalue weighted by Gasteiger charge is -2.16. The van der Waals surface area contributed by atoms with Crippen LogP contribution in [0.5, 0.6) is 5.75 Å². The van der Waals surface area contributed by atoms with E-state index in [1.165, 1.54) is 18.4 Å². The average Bonchev–Trinajstić information content (AvgIpc) is 2.87. The summed E-state index contributed by atoms with van der Waals surface area (Å²) >= 11 is 0. The van der Waals surface area contributed by atoms with Gasteiger partial charge in [-0.25, -0.2) is 26.8 Å². The Balaban J connectivity index is 1.50. The van der Waals surface area contributed by atoms with Gasteiger partial charge in [-0.3, -0.25) is 0 Å². The molecule has 37 heavy (non-hydrogen) atoms. The van der Waals surface area contributed by atoms with Crippen LogP contribution in [0.1, 0.15) is 0 Å². The quantitative estimate of drug-likeness (QED) is 0.322. The maximum absolute atomic E-state index is 12.9. The van der Waals surface area contributed by atoms with Crippen LogP contribution < -0.4 is 10.5 Å². The van der Waals surface area contributed by atoms with Crippen LogP contribution in [0.4, 0.5) is 5.82 Å². The molecule has 194 valence electrons. The number of hydrogen-bond acceptors (Lipinski definition) is 9. The highest BCUT2D eigenvalue weighted by atomic mass is 32.2.